The molecule has 0 saturated carbocycles. The molecule has 0 amide bonds. The van der Waals surface area contributed by atoms with Gasteiger partial charge in [-0.3, -0.25) is 20.7 Å². The van der Waals surface area contributed by atoms with E-state index in [1.807, 2.05) is 24.3 Å². The van der Waals surface area contributed by atoms with Gasteiger partial charge in [0.15, 0.2) is 17.4 Å². The number of Topliss-reactive ketones (excluding diaryl/α,β-unsaturated/α-hetero) is 1. The van der Waals surface area contributed by atoms with Crippen molar-refractivity contribution in [3.8, 4) is 22.8 Å². The minimum Gasteiger partial charge on any atom is -0.870 e. The predicted octanol–water partition coefficient (Wildman–Crippen LogP) is 5.05. The maximum Gasteiger partial charge on any atom is 1.00 e. The monoisotopic (exact) mass is 949 g/mol. The van der Waals surface area contributed by atoms with Crippen LogP contribution in [0.3, 0.4) is 0 Å². The van der Waals surface area contributed by atoms with Gasteiger partial charge in [0.25, 0.3) is 0 Å². The number of halogens is 5. The summed E-state index contributed by atoms with van der Waals surface area (Å²) in [6, 6.07) is 11.5. The van der Waals surface area contributed by atoms with Gasteiger partial charge >= 0.3 is 29.3 Å². The van der Waals surface area contributed by atoms with E-state index < -0.39 is 17.9 Å². The third-order valence-corrected chi connectivity index (χ3v) is 9.22. The van der Waals surface area contributed by atoms with E-state index in [2.05, 4.69) is 88.8 Å². The van der Waals surface area contributed by atoms with E-state index in [1.165, 1.54) is 12.8 Å². The molecule has 61 heavy (non-hydrogen) atoms. The fraction of sp³-hybridized carbons (Fsp3) is 0.450. The van der Waals surface area contributed by atoms with Gasteiger partial charge in [0.2, 0.25) is 0 Å². The number of carbonyl (C=O) groups is 3. The summed E-state index contributed by atoms with van der Waals surface area (Å²) in [4.78, 5) is 71.3. The molecule has 0 atom stereocenters. The van der Waals surface area contributed by atoms with Crippen LogP contribution in [-0.2, 0) is 23.9 Å². The van der Waals surface area contributed by atoms with Gasteiger partial charge in [0.1, 0.15) is 19.0 Å². The Hall–Kier alpha value is -3.08. The van der Waals surface area contributed by atoms with Crippen molar-refractivity contribution < 1.29 is 48.3 Å². The number of ketones is 1. The van der Waals surface area contributed by atoms with Crippen molar-refractivity contribution in [3.05, 3.63) is 73.6 Å². The van der Waals surface area contributed by atoms with Crippen LogP contribution in [0, 0.1) is 11.8 Å². The molecule has 7 rings (SSSR count). The molecule has 0 radical (unpaired) electrons. The van der Waals surface area contributed by atoms with Gasteiger partial charge in [-0.15, -0.1) is 29.9 Å². The van der Waals surface area contributed by atoms with E-state index >= 15 is 0 Å². The minimum atomic E-state index is -1.14. The summed E-state index contributed by atoms with van der Waals surface area (Å²) in [5, 5.41) is -2.28. The molecule has 1 N–H and O–H groups in total. The van der Waals surface area contributed by atoms with Crippen LogP contribution in [0.2, 0.25) is 19.6 Å². The number of pyridine rings is 2. The number of aromatic nitrogens is 6. The number of carbonyl (C=O) groups excluding carboxylic acids is 4. The van der Waals surface area contributed by atoms with Gasteiger partial charge in [-0.05, 0) is 85.3 Å². The van der Waals surface area contributed by atoms with Crippen LogP contribution in [0.1, 0.15) is 38.5 Å². The molecule has 0 aliphatic carbocycles. The molecule has 4 aromatic rings. The first-order valence-corrected chi connectivity index (χ1v) is 24.7. The average Bonchev–Trinajstić information content (AvgIpc) is 3.85. The molecule has 21 heteroatoms. The summed E-state index contributed by atoms with van der Waals surface area (Å²) < 4.78 is 4.94. The average molecular weight is 952 g/mol. The molecule has 7 heterocycles. The number of anilines is 2. The smallest absolute Gasteiger partial charge is 0.870 e. The van der Waals surface area contributed by atoms with Gasteiger partial charge in [0, 0.05) is 93.6 Å². The van der Waals surface area contributed by atoms with Crippen LogP contribution in [0.4, 0.5) is 11.6 Å². The second-order valence-electron chi connectivity index (χ2n) is 14.1. The SMILES string of the molecule is C1CCOC1.C[Si](C)(C)Cl.Cl.O=C(CCl)C1CCN(c2ccc(-c3ncccn3)cn2)CC1.O=C(Cl)C(=O)Cl.O=[C-]C1CCN(c2ccc(-c3ncccn3)cn2)CC1.[Li+].[OH-]. The molecule has 0 aromatic carbocycles. The van der Waals surface area contributed by atoms with Crippen LogP contribution in [0.15, 0.2) is 73.6 Å². The molecule has 3 saturated heterocycles. The Labute approximate surface area is 396 Å². The maximum absolute atomic E-state index is 11.6. The number of hydrogen-bond acceptors (Lipinski definition) is 14. The third-order valence-electron chi connectivity index (χ3n) is 8.52. The van der Waals surface area contributed by atoms with E-state index in [0.29, 0.717) is 11.6 Å². The van der Waals surface area contributed by atoms with Gasteiger partial charge in [-0.1, -0.05) is 32.5 Å². The Bertz CT molecular complexity index is 1800. The summed E-state index contributed by atoms with van der Waals surface area (Å²) in [6.45, 7) is 11.7. The number of piperidine rings is 2. The summed E-state index contributed by atoms with van der Waals surface area (Å²) in [5.74, 6) is 3.69. The first kappa shape index (κ1) is 57.9. The molecular formula is C40H51Cl5LiN8O6Si-. The largest absolute Gasteiger partial charge is 1.00 e. The Kier molecular flexibility index (Phi) is 30.1. The molecule has 3 fully saturated rings. The Morgan fingerprint density at radius 2 is 1.10 bits per heavy atom. The van der Waals surface area contributed by atoms with Crippen molar-refractivity contribution in [2.45, 2.75) is 58.2 Å². The number of hydrogen-bond donors (Lipinski definition) is 0. The van der Waals surface area contributed by atoms with Crippen LogP contribution >= 0.6 is 58.3 Å². The third kappa shape index (κ3) is 23.3. The summed E-state index contributed by atoms with van der Waals surface area (Å²) in [7, 11) is -1.14. The maximum atomic E-state index is 11.6. The fourth-order valence-electron chi connectivity index (χ4n) is 5.58. The first-order valence-electron chi connectivity index (χ1n) is 18.9. The molecule has 3 aliphatic rings. The number of nitrogens with zero attached hydrogens (tertiary/aromatic N) is 8. The second-order valence-corrected chi connectivity index (χ2v) is 22.6. The van der Waals surface area contributed by atoms with E-state index in [-0.39, 0.29) is 60.2 Å². The van der Waals surface area contributed by atoms with Crippen LogP contribution in [-0.4, -0.2) is 111 Å². The second kappa shape index (κ2) is 31.7. The van der Waals surface area contributed by atoms with Gasteiger partial charge in [-0.25, -0.2) is 29.9 Å². The number of rotatable bonds is 8. The van der Waals surface area contributed by atoms with E-state index in [4.69, 9.17) is 27.4 Å². The zero-order valence-electron chi connectivity index (χ0n) is 34.8. The van der Waals surface area contributed by atoms with Gasteiger partial charge < -0.3 is 24.8 Å². The van der Waals surface area contributed by atoms with Crippen molar-refractivity contribution in [3.63, 3.8) is 0 Å². The molecule has 4 aromatic heterocycles. The number of alkyl halides is 1. The molecule has 0 unspecified atom stereocenters. The summed E-state index contributed by atoms with van der Waals surface area (Å²) in [6.07, 6.45) is 18.5. The van der Waals surface area contributed by atoms with Crippen LogP contribution < -0.4 is 28.7 Å². The molecule has 14 nitrogen and oxygen atoms in total. The van der Waals surface area contributed by atoms with Crippen LogP contribution in [0.25, 0.3) is 22.8 Å². The fourth-order valence-corrected chi connectivity index (χ4v) is 5.80. The molecule has 328 valence electrons. The van der Waals surface area contributed by atoms with Crippen molar-refractivity contribution in [2.75, 3.05) is 55.1 Å². The zero-order valence-corrected chi connectivity index (χ0v) is 39.6. The minimum absolute atomic E-state index is 0. The quantitative estimate of drug-likeness (QED) is 0.0570. The van der Waals surface area contributed by atoms with Crippen LogP contribution in [0.5, 0.6) is 0 Å². The first-order chi connectivity index (χ1) is 27.8. The predicted molar refractivity (Wildman–Crippen MR) is 242 cm³/mol. The van der Waals surface area contributed by atoms with Crippen molar-refractivity contribution in [1.82, 2.24) is 29.9 Å². The van der Waals surface area contributed by atoms with E-state index in [0.717, 1.165) is 87.8 Å². The molecule has 0 spiro atoms. The number of ether oxygens (including phenoxy) is 1. The topological polar surface area (TPSA) is 191 Å². The van der Waals surface area contributed by atoms with E-state index in [1.54, 1.807) is 49.3 Å². The van der Waals surface area contributed by atoms with Crippen molar-refractivity contribution in [2.24, 2.45) is 11.8 Å². The standard InChI is InChI=1S/C16H17ClN4O.C15H15N4O.C4H8O.C3H9ClSi.C2Cl2O2.ClH.Li.H2O/c17-10-14(22)12-4-8-21(9-5-12)15-3-2-13(11-20-15)16-18-6-1-7-19-16;20-11-12-4-8-19(9-5-12)14-3-2-13(10-18-14)15-16-6-1-7-17-15;1-2-4-5-3-1;1-5(2,3)4;3-1(5)2(4)6;;;/h1-3,6-7,11-12H,4-5,8-10H2;1-3,6-7,10,12H,4-5,8-9H2;1-4H2;1-3H3;;1H;;1H2/q;-1;;;;;+1;/p-1. The Morgan fingerprint density at radius 3 is 1.38 bits per heavy atom. The normalized spacial score (nSPS) is 14.7. The van der Waals surface area contributed by atoms with Gasteiger partial charge in [-0.2, -0.15) is 11.1 Å². The summed E-state index contributed by atoms with van der Waals surface area (Å²) >= 11 is 20.3. The zero-order chi connectivity index (χ0) is 42.3. The van der Waals surface area contributed by atoms with Crippen molar-refractivity contribution in [1.29, 1.82) is 0 Å². The van der Waals surface area contributed by atoms with Gasteiger partial charge in [0.05, 0.1) is 5.88 Å². The molecule has 3 aliphatic heterocycles. The molecule has 0 bridgehead atoms. The Morgan fingerprint density at radius 1 is 0.721 bits per heavy atom. The Balaban J connectivity index is 0.000000842. The van der Waals surface area contributed by atoms with E-state index in [9.17, 15) is 19.2 Å². The van der Waals surface area contributed by atoms with Crippen molar-refractivity contribution >= 4 is 99.9 Å². The summed E-state index contributed by atoms with van der Waals surface area (Å²) in [5.41, 5.74) is 1.81. The molecular weight excluding hydrogens is 901 g/mol.